The molecule has 3 N–H and O–H groups in total. The molecule has 0 bridgehead atoms. The number of hydrogen-bond acceptors (Lipinski definition) is 8. The molecule has 226 valence electrons. The Hall–Kier alpha value is -4.06. The summed E-state index contributed by atoms with van der Waals surface area (Å²) < 4.78 is 0. The van der Waals surface area contributed by atoms with Crippen LogP contribution in [-0.2, 0) is 20.8 Å². The quantitative estimate of drug-likeness (QED) is 0.319. The summed E-state index contributed by atoms with van der Waals surface area (Å²) in [7, 11) is 1.67. The number of hydrogen-bond donors (Lipinski definition) is 3. The first-order valence-corrected chi connectivity index (χ1v) is 14.4. The van der Waals surface area contributed by atoms with Crippen LogP contribution in [0.25, 0.3) is 0 Å². The molecule has 4 unspecified atom stereocenters. The van der Waals surface area contributed by atoms with E-state index in [9.17, 15) is 24.5 Å². The van der Waals surface area contributed by atoms with E-state index < -0.39 is 28.5 Å². The number of rotatable bonds is 8. The first-order valence-electron chi connectivity index (χ1n) is 14.4. The van der Waals surface area contributed by atoms with E-state index in [-0.39, 0.29) is 42.5 Å². The largest absolute Gasteiger partial charge is 0.352 e. The Labute approximate surface area is 246 Å². The fourth-order valence-corrected chi connectivity index (χ4v) is 5.54. The number of nitro groups is 1. The maximum Gasteiger partial charge on any atom is 0.287 e. The molecule has 1 aromatic heterocycles. The molecule has 12 heteroatoms. The van der Waals surface area contributed by atoms with Gasteiger partial charge in [0, 0.05) is 25.7 Å². The fourth-order valence-electron chi connectivity index (χ4n) is 5.54. The topological polar surface area (TPSA) is 150 Å². The van der Waals surface area contributed by atoms with Crippen LogP contribution in [0.2, 0.25) is 0 Å². The zero-order chi connectivity index (χ0) is 30.6. The Kier molecular flexibility index (Phi) is 9.45. The van der Waals surface area contributed by atoms with E-state index >= 15 is 0 Å². The molecule has 1 saturated heterocycles. The Morgan fingerprint density at radius 2 is 1.86 bits per heavy atom. The number of pyridine rings is 1. The van der Waals surface area contributed by atoms with Crippen LogP contribution in [-0.4, -0.2) is 77.3 Å². The minimum atomic E-state index is -0.874. The van der Waals surface area contributed by atoms with E-state index in [4.69, 9.17) is 0 Å². The third-order valence-electron chi connectivity index (χ3n) is 8.14. The van der Waals surface area contributed by atoms with Gasteiger partial charge in [-0.05, 0) is 55.8 Å². The number of amides is 3. The highest BCUT2D eigenvalue weighted by molar-refractivity contribution is 5.94. The van der Waals surface area contributed by atoms with Crippen LogP contribution in [0.5, 0.6) is 0 Å². The predicted molar refractivity (Wildman–Crippen MR) is 159 cm³/mol. The van der Waals surface area contributed by atoms with Crippen LogP contribution in [0.15, 0.2) is 42.6 Å². The van der Waals surface area contributed by atoms with Gasteiger partial charge in [-0.2, -0.15) is 0 Å². The van der Waals surface area contributed by atoms with Gasteiger partial charge < -0.3 is 25.8 Å². The van der Waals surface area contributed by atoms with E-state index in [1.165, 1.54) is 17.8 Å². The van der Waals surface area contributed by atoms with Gasteiger partial charge in [0.1, 0.15) is 24.1 Å². The first-order chi connectivity index (χ1) is 19.9. The van der Waals surface area contributed by atoms with E-state index in [0.717, 1.165) is 24.8 Å². The van der Waals surface area contributed by atoms with Crippen molar-refractivity contribution in [2.45, 2.75) is 71.1 Å². The van der Waals surface area contributed by atoms with Crippen molar-refractivity contribution in [3.63, 3.8) is 0 Å². The van der Waals surface area contributed by atoms with E-state index in [1.54, 1.807) is 24.9 Å². The number of carbonyl (C=O) groups excluding carboxylic acids is 3. The van der Waals surface area contributed by atoms with Crippen LogP contribution >= 0.6 is 0 Å². The van der Waals surface area contributed by atoms with Crippen LogP contribution in [0.1, 0.15) is 57.7 Å². The second kappa shape index (κ2) is 12.8. The number of likely N-dealkylation sites (N-methyl/N-ethyl adjacent to an activating group) is 1. The summed E-state index contributed by atoms with van der Waals surface area (Å²) in [6.07, 6.45) is 3.87. The molecule has 1 aliphatic carbocycles. The second-order valence-corrected chi connectivity index (χ2v) is 12.1. The summed E-state index contributed by atoms with van der Waals surface area (Å²) in [5.74, 6) is -0.449. The number of fused-ring (bicyclic) bond motifs is 1. The van der Waals surface area contributed by atoms with E-state index in [0.29, 0.717) is 12.4 Å². The Morgan fingerprint density at radius 3 is 2.50 bits per heavy atom. The minimum Gasteiger partial charge on any atom is -0.352 e. The summed E-state index contributed by atoms with van der Waals surface area (Å²) in [5.41, 5.74) is 1.54. The third kappa shape index (κ3) is 6.87. The van der Waals surface area contributed by atoms with Crippen LogP contribution in [0.3, 0.4) is 0 Å². The number of nitrogens with one attached hydrogen (secondary N) is 3. The van der Waals surface area contributed by atoms with Crippen molar-refractivity contribution in [1.82, 2.24) is 25.8 Å². The molecule has 42 heavy (non-hydrogen) atoms. The lowest BCUT2D eigenvalue weighted by Gasteiger charge is -2.44. The van der Waals surface area contributed by atoms with Crippen molar-refractivity contribution >= 4 is 29.2 Å². The van der Waals surface area contributed by atoms with Crippen molar-refractivity contribution in [2.24, 2.45) is 5.41 Å². The summed E-state index contributed by atoms with van der Waals surface area (Å²) in [6.45, 7) is 8.08. The SMILES string of the molecule is CNC(C)C(=O)NC(C(=O)N1CCN(c2ccc([N+](=O)[O-])cn2)CC1C(=O)NC1CCCc2ccccc21)C(C)(C)C. The number of carbonyl (C=O) groups is 3. The number of anilines is 1. The summed E-state index contributed by atoms with van der Waals surface area (Å²) >= 11 is 0. The van der Waals surface area contributed by atoms with Gasteiger partial charge in [0.2, 0.25) is 17.7 Å². The maximum atomic E-state index is 14.2. The third-order valence-corrected chi connectivity index (χ3v) is 8.14. The lowest BCUT2D eigenvalue weighted by Crippen LogP contribution is -2.66. The molecule has 0 saturated carbocycles. The zero-order valence-corrected chi connectivity index (χ0v) is 24.9. The van der Waals surface area contributed by atoms with Crippen LogP contribution < -0.4 is 20.9 Å². The molecule has 1 aliphatic heterocycles. The maximum absolute atomic E-state index is 14.2. The smallest absolute Gasteiger partial charge is 0.287 e. The van der Waals surface area contributed by atoms with Gasteiger partial charge in [0.15, 0.2) is 0 Å². The normalized spacial score (nSPS) is 20.2. The molecule has 4 rings (SSSR count). The van der Waals surface area contributed by atoms with Gasteiger partial charge in [0.25, 0.3) is 5.69 Å². The monoisotopic (exact) mass is 579 g/mol. The second-order valence-electron chi connectivity index (χ2n) is 12.1. The standard InChI is InChI=1S/C30H41N7O5/c1-19(31-5)27(38)34-26(30(2,3)4)29(40)36-16-15-35(25-14-13-21(17-32-25)37(41)42)18-24(36)28(39)33-23-12-8-10-20-9-6-7-11-22(20)23/h6-7,9,11,13-14,17,19,23-24,26,31H,8,10,12,15-16,18H2,1-5H3,(H,33,39)(H,34,38). The Morgan fingerprint density at radius 1 is 1.12 bits per heavy atom. The van der Waals surface area contributed by atoms with Gasteiger partial charge in [-0.1, -0.05) is 45.0 Å². The predicted octanol–water partition coefficient (Wildman–Crippen LogP) is 2.34. The van der Waals surface area contributed by atoms with Gasteiger partial charge in [-0.25, -0.2) is 4.98 Å². The van der Waals surface area contributed by atoms with Crippen LogP contribution in [0.4, 0.5) is 11.5 Å². The summed E-state index contributed by atoms with van der Waals surface area (Å²) in [4.78, 5) is 59.3. The lowest BCUT2D eigenvalue weighted by molar-refractivity contribution is -0.385. The highest BCUT2D eigenvalue weighted by atomic mass is 16.6. The molecular weight excluding hydrogens is 538 g/mol. The molecule has 2 aromatic rings. The van der Waals surface area contributed by atoms with Gasteiger partial charge in [-0.3, -0.25) is 24.5 Å². The first kappa shape index (κ1) is 30.9. The van der Waals surface area contributed by atoms with Crippen molar-refractivity contribution in [3.05, 3.63) is 63.8 Å². The lowest BCUT2D eigenvalue weighted by atomic mass is 9.85. The number of aryl methyl sites for hydroxylation is 1. The molecular formula is C30H41N7O5. The number of aromatic nitrogens is 1. The Balaban J connectivity index is 1.63. The molecule has 3 amide bonds. The van der Waals surface area contributed by atoms with Crippen molar-refractivity contribution in [2.75, 3.05) is 31.6 Å². The van der Waals surface area contributed by atoms with Crippen molar-refractivity contribution < 1.29 is 19.3 Å². The molecule has 1 aromatic carbocycles. The van der Waals surface area contributed by atoms with Crippen LogP contribution in [0, 0.1) is 15.5 Å². The average Bonchev–Trinajstić information content (AvgIpc) is 2.98. The van der Waals surface area contributed by atoms with Crippen molar-refractivity contribution in [1.29, 1.82) is 0 Å². The summed E-state index contributed by atoms with van der Waals surface area (Å²) in [6, 6.07) is 8.58. The zero-order valence-electron chi connectivity index (χ0n) is 24.9. The Bertz CT molecular complexity index is 1310. The molecule has 12 nitrogen and oxygen atoms in total. The van der Waals surface area contributed by atoms with E-state index in [1.807, 2.05) is 43.9 Å². The van der Waals surface area contributed by atoms with Gasteiger partial charge >= 0.3 is 0 Å². The number of nitrogens with zero attached hydrogens (tertiary/aromatic N) is 4. The number of piperazine rings is 1. The molecule has 4 atom stereocenters. The van der Waals surface area contributed by atoms with E-state index in [2.05, 4.69) is 27.0 Å². The molecule has 2 aliphatic rings. The molecule has 0 radical (unpaired) electrons. The highest BCUT2D eigenvalue weighted by Gasteiger charge is 2.43. The average molecular weight is 580 g/mol. The minimum absolute atomic E-state index is 0.127. The number of benzene rings is 1. The van der Waals surface area contributed by atoms with Crippen molar-refractivity contribution in [3.8, 4) is 0 Å². The molecule has 2 heterocycles. The summed E-state index contributed by atoms with van der Waals surface area (Å²) in [5, 5.41) is 20.1. The fraction of sp³-hybridized carbons (Fsp3) is 0.533. The van der Waals surface area contributed by atoms with Gasteiger partial charge in [0.05, 0.1) is 17.0 Å². The highest BCUT2D eigenvalue weighted by Crippen LogP contribution is 2.31. The molecule has 0 spiro atoms. The molecule has 1 fully saturated rings. The van der Waals surface area contributed by atoms with Gasteiger partial charge in [-0.15, -0.1) is 0 Å².